The molecule has 1 aliphatic rings. The van der Waals surface area contributed by atoms with E-state index >= 15 is 0 Å². The van der Waals surface area contributed by atoms with Crippen LogP contribution in [0.5, 0.6) is 0 Å². The average molecular weight is 311 g/mol. The van der Waals surface area contributed by atoms with Gasteiger partial charge in [-0.05, 0) is 41.1 Å². The van der Waals surface area contributed by atoms with Gasteiger partial charge in [-0.2, -0.15) is 0 Å². The standard InChI is InChI=1S/C12H12BrFN4/c1-7-11-16-17-12(18(11)5-4-15-7)8-2-3-10(14)9(13)6-8/h2-3,6-7,15H,4-5H2,1H3. The molecule has 0 fully saturated rings. The van der Waals surface area contributed by atoms with Crippen LogP contribution < -0.4 is 5.32 Å². The van der Waals surface area contributed by atoms with Gasteiger partial charge in [-0.25, -0.2) is 4.39 Å². The number of benzene rings is 1. The monoisotopic (exact) mass is 310 g/mol. The molecule has 1 aromatic heterocycles. The molecule has 1 N–H and O–H groups in total. The predicted octanol–water partition coefficient (Wildman–Crippen LogP) is 2.51. The van der Waals surface area contributed by atoms with Crippen LogP contribution in [0.3, 0.4) is 0 Å². The summed E-state index contributed by atoms with van der Waals surface area (Å²) in [6.45, 7) is 3.78. The first-order valence-corrected chi connectivity index (χ1v) is 6.58. The first kappa shape index (κ1) is 11.8. The second kappa shape index (κ2) is 4.44. The SMILES string of the molecule is CC1NCCn2c(-c3ccc(F)c(Br)c3)nnc21. The van der Waals surface area contributed by atoms with Gasteiger partial charge >= 0.3 is 0 Å². The Kier molecular flexibility index (Phi) is 2.91. The predicted molar refractivity (Wildman–Crippen MR) is 69.5 cm³/mol. The third-order valence-corrected chi connectivity index (χ3v) is 3.74. The molecule has 0 saturated carbocycles. The summed E-state index contributed by atoms with van der Waals surface area (Å²) < 4.78 is 15.8. The van der Waals surface area contributed by atoms with Crippen LogP contribution in [0.25, 0.3) is 11.4 Å². The van der Waals surface area contributed by atoms with E-state index < -0.39 is 0 Å². The molecule has 1 atom stereocenters. The molecule has 2 heterocycles. The summed E-state index contributed by atoms with van der Waals surface area (Å²) in [5.74, 6) is 1.45. The summed E-state index contributed by atoms with van der Waals surface area (Å²) in [4.78, 5) is 0. The highest BCUT2D eigenvalue weighted by molar-refractivity contribution is 9.10. The number of hydrogen-bond donors (Lipinski definition) is 1. The molecule has 1 aromatic carbocycles. The molecule has 0 amide bonds. The summed E-state index contributed by atoms with van der Waals surface area (Å²) in [6.07, 6.45) is 0. The minimum absolute atomic E-state index is 0.198. The molecule has 2 aromatic rings. The van der Waals surface area contributed by atoms with E-state index in [4.69, 9.17) is 0 Å². The molecule has 4 nitrogen and oxygen atoms in total. The Balaban J connectivity index is 2.09. The van der Waals surface area contributed by atoms with E-state index in [-0.39, 0.29) is 11.9 Å². The molecule has 1 aliphatic heterocycles. The van der Waals surface area contributed by atoms with Crippen LogP contribution >= 0.6 is 15.9 Å². The molecule has 0 bridgehead atoms. The zero-order chi connectivity index (χ0) is 12.7. The smallest absolute Gasteiger partial charge is 0.164 e. The summed E-state index contributed by atoms with van der Waals surface area (Å²) in [5, 5.41) is 11.8. The van der Waals surface area contributed by atoms with E-state index in [2.05, 4.69) is 42.9 Å². The van der Waals surface area contributed by atoms with Crippen LogP contribution in [0.4, 0.5) is 4.39 Å². The minimum Gasteiger partial charge on any atom is -0.308 e. The lowest BCUT2D eigenvalue weighted by Gasteiger charge is -2.21. The van der Waals surface area contributed by atoms with E-state index in [9.17, 15) is 4.39 Å². The maximum Gasteiger partial charge on any atom is 0.164 e. The first-order chi connectivity index (χ1) is 8.66. The van der Waals surface area contributed by atoms with Crippen LogP contribution in [0.15, 0.2) is 22.7 Å². The Morgan fingerprint density at radius 2 is 2.28 bits per heavy atom. The Morgan fingerprint density at radius 3 is 3.06 bits per heavy atom. The van der Waals surface area contributed by atoms with Crippen LogP contribution in [0.1, 0.15) is 18.8 Å². The summed E-state index contributed by atoms with van der Waals surface area (Å²) >= 11 is 3.19. The summed E-state index contributed by atoms with van der Waals surface area (Å²) in [6, 6.07) is 5.10. The van der Waals surface area contributed by atoms with Gasteiger partial charge in [0.05, 0.1) is 10.5 Å². The second-order valence-corrected chi connectivity index (χ2v) is 5.19. The number of hydrogen-bond acceptors (Lipinski definition) is 3. The van der Waals surface area contributed by atoms with Gasteiger partial charge < -0.3 is 9.88 Å². The van der Waals surface area contributed by atoms with Gasteiger partial charge in [0.2, 0.25) is 0 Å². The van der Waals surface area contributed by atoms with Crippen molar-refractivity contribution in [2.24, 2.45) is 0 Å². The molecule has 18 heavy (non-hydrogen) atoms. The fourth-order valence-corrected chi connectivity index (χ4v) is 2.57. The molecule has 0 radical (unpaired) electrons. The molecule has 0 aliphatic carbocycles. The van der Waals surface area contributed by atoms with Crippen LogP contribution in [0.2, 0.25) is 0 Å². The maximum atomic E-state index is 13.2. The van der Waals surface area contributed by atoms with Crippen molar-refractivity contribution in [1.29, 1.82) is 0 Å². The van der Waals surface area contributed by atoms with Gasteiger partial charge in [0.1, 0.15) is 11.6 Å². The molecule has 94 valence electrons. The highest BCUT2D eigenvalue weighted by atomic mass is 79.9. The van der Waals surface area contributed by atoms with Gasteiger partial charge in [0, 0.05) is 18.7 Å². The van der Waals surface area contributed by atoms with E-state index in [1.165, 1.54) is 6.07 Å². The van der Waals surface area contributed by atoms with Gasteiger partial charge in [0.25, 0.3) is 0 Å². The topological polar surface area (TPSA) is 42.7 Å². The Hall–Kier alpha value is -1.27. The van der Waals surface area contributed by atoms with Crippen molar-refractivity contribution in [2.45, 2.75) is 19.5 Å². The quantitative estimate of drug-likeness (QED) is 0.880. The molecule has 0 spiro atoms. The summed E-state index contributed by atoms with van der Waals surface area (Å²) in [7, 11) is 0. The lowest BCUT2D eigenvalue weighted by molar-refractivity contribution is 0.439. The number of rotatable bonds is 1. The van der Waals surface area contributed by atoms with Crippen molar-refractivity contribution in [3.05, 3.63) is 34.3 Å². The Labute approximate surface area is 112 Å². The van der Waals surface area contributed by atoms with Crippen molar-refractivity contribution in [3.8, 4) is 11.4 Å². The highest BCUT2D eigenvalue weighted by Crippen LogP contribution is 2.26. The van der Waals surface area contributed by atoms with Crippen LogP contribution in [-0.2, 0) is 6.54 Å². The van der Waals surface area contributed by atoms with E-state index in [0.717, 1.165) is 30.3 Å². The van der Waals surface area contributed by atoms with Crippen molar-refractivity contribution < 1.29 is 4.39 Å². The molecule has 3 rings (SSSR count). The molecular weight excluding hydrogens is 299 g/mol. The number of halogens is 2. The van der Waals surface area contributed by atoms with Crippen LogP contribution in [0, 0.1) is 5.82 Å². The van der Waals surface area contributed by atoms with Gasteiger partial charge in [-0.3, -0.25) is 0 Å². The molecular formula is C12H12BrFN4. The maximum absolute atomic E-state index is 13.2. The lowest BCUT2D eigenvalue weighted by atomic mass is 10.2. The van der Waals surface area contributed by atoms with Crippen molar-refractivity contribution in [2.75, 3.05) is 6.54 Å². The largest absolute Gasteiger partial charge is 0.308 e. The zero-order valence-corrected chi connectivity index (χ0v) is 11.4. The third kappa shape index (κ3) is 1.85. The van der Waals surface area contributed by atoms with E-state index in [0.29, 0.717) is 4.47 Å². The van der Waals surface area contributed by atoms with E-state index in [1.807, 2.05) is 0 Å². The summed E-state index contributed by atoms with van der Waals surface area (Å²) in [5.41, 5.74) is 0.871. The normalized spacial score (nSPS) is 18.7. The molecule has 0 saturated heterocycles. The minimum atomic E-state index is -0.271. The second-order valence-electron chi connectivity index (χ2n) is 4.34. The zero-order valence-electron chi connectivity index (χ0n) is 9.82. The molecule has 6 heteroatoms. The number of aromatic nitrogens is 3. The first-order valence-electron chi connectivity index (χ1n) is 5.78. The Morgan fingerprint density at radius 1 is 1.44 bits per heavy atom. The van der Waals surface area contributed by atoms with Gasteiger partial charge in [-0.1, -0.05) is 0 Å². The number of nitrogens with one attached hydrogen (secondary N) is 1. The lowest BCUT2D eigenvalue weighted by Crippen LogP contribution is -2.32. The van der Waals surface area contributed by atoms with Gasteiger partial charge in [-0.15, -0.1) is 10.2 Å². The van der Waals surface area contributed by atoms with Crippen molar-refractivity contribution >= 4 is 15.9 Å². The fourth-order valence-electron chi connectivity index (χ4n) is 2.19. The van der Waals surface area contributed by atoms with Crippen molar-refractivity contribution in [1.82, 2.24) is 20.1 Å². The third-order valence-electron chi connectivity index (χ3n) is 3.13. The number of nitrogens with zero attached hydrogens (tertiary/aromatic N) is 3. The molecule has 1 unspecified atom stereocenters. The Bertz CT molecular complexity index is 596. The van der Waals surface area contributed by atoms with Crippen LogP contribution in [-0.4, -0.2) is 21.3 Å². The highest BCUT2D eigenvalue weighted by Gasteiger charge is 2.22. The van der Waals surface area contributed by atoms with Gasteiger partial charge in [0.15, 0.2) is 5.82 Å². The number of fused-ring (bicyclic) bond motifs is 1. The van der Waals surface area contributed by atoms with E-state index in [1.54, 1.807) is 12.1 Å². The van der Waals surface area contributed by atoms with Crippen molar-refractivity contribution in [3.63, 3.8) is 0 Å². The fraction of sp³-hybridized carbons (Fsp3) is 0.333. The average Bonchev–Trinajstić information content (AvgIpc) is 2.78.